The Bertz CT molecular complexity index is 588. The lowest BCUT2D eigenvalue weighted by molar-refractivity contribution is -0.137. The molecule has 5 heteroatoms. The van der Waals surface area contributed by atoms with Gasteiger partial charge in [0.1, 0.15) is 6.04 Å². The van der Waals surface area contributed by atoms with Gasteiger partial charge >= 0.3 is 0 Å². The van der Waals surface area contributed by atoms with Crippen molar-refractivity contribution in [2.45, 2.75) is 45.2 Å². The van der Waals surface area contributed by atoms with Crippen LogP contribution >= 0.6 is 0 Å². The zero-order chi connectivity index (χ0) is 14.7. The number of likely N-dealkylation sites (N-methyl/N-ethyl adjacent to an activating group) is 1. The van der Waals surface area contributed by atoms with E-state index in [4.69, 9.17) is 5.73 Å². The third-order valence-corrected chi connectivity index (χ3v) is 4.57. The molecule has 2 atom stereocenters. The standard InChI is InChI=1S/C15H21N3O2/c1-15(2)7-10(16)9-4-5-18(12(9)8-15)11-6-13(19)17(3)14(11)20/h4-5,10-11H,6-8,16H2,1-3H3. The molecule has 1 aromatic rings. The number of nitrogens with zero attached hydrogens (tertiary/aromatic N) is 2. The Morgan fingerprint density at radius 1 is 1.35 bits per heavy atom. The average molecular weight is 275 g/mol. The molecule has 1 fully saturated rings. The van der Waals surface area contributed by atoms with Crippen LogP contribution in [0.2, 0.25) is 0 Å². The maximum atomic E-state index is 12.2. The van der Waals surface area contributed by atoms with Crippen LogP contribution in [-0.4, -0.2) is 28.3 Å². The predicted molar refractivity (Wildman–Crippen MR) is 74.9 cm³/mol. The molecule has 1 aliphatic carbocycles. The highest BCUT2D eigenvalue weighted by Crippen LogP contribution is 2.41. The van der Waals surface area contributed by atoms with Crippen LogP contribution in [0.15, 0.2) is 12.3 Å². The van der Waals surface area contributed by atoms with E-state index in [0.717, 1.165) is 24.1 Å². The number of amides is 2. The van der Waals surface area contributed by atoms with E-state index in [1.54, 1.807) is 7.05 Å². The van der Waals surface area contributed by atoms with Crippen molar-refractivity contribution in [3.63, 3.8) is 0 Å². The number of hydrogen-bond acceptors (Lipinski definition) is 3. The molecule has 2 N–H and O–H groups in total. The fourth-order valence-electron chi connectivity index (χ4n) is 3.50. The molecule has 3 rings (SSSR count). The number of likely N-dealkylation sites (tertiary alicyclic amines) is 1. The summed E-state index contributed by atoms with van der Waals surface area (Å²) in [6.45, 7) is 4.39. The molecule has 2 heterocycles. The second kappa shape index (κ2) is 4.19. The Morgan fingerprint density at radius 2 is 2.05 bits per heavy atom. The minimum atomic E-state index is -0.391. The molecule has 5 nitrogen and oxygen atoms in total. The van der Waals surface area contributed by atoms with Crippen LogP contribution in [0.3, 0.4) is 0 Å². The number of imide groups is 1. The Hall–Kier alpha value is -1.62. The normalized spacial score (nSPS) is 28.9. The Labute approximate surface area is 118 Å². The quantitative estimate of drug-likeness (QED) is 0.787. The number of carbonyl (C=O) groups excluding carboxylic acids is 2. The van der Waals surface area contributed by atoms with E-state index in [-0.39, 0.29) is 29.7 Å². The highest BCUT2D eigenvalue weighted by molar-refractivity contribution is 6.04. The third-order valence-electron chi connectivity index (χ3n) is 4.57. The van der Waals surface area contributed by atoms with Gasteiger partial charge in [-0.2, -0.15) is 0 Å². The number of carbonyl (C=O) groups is 2. The molecule has 2 unspecified atom stereocenters. The minimum Gasteiger partial charge on any atom is -0.338 e. The number of fused-ring (bicyclic) bond motifs is 1. The monoisotopic (exact) mass is 275 g/mol. The molecule has 0 bridgehead atoms. The first-order valence-corrected chi connectivity index (χ1v) is 7.06. The molecule has 0 aromatic carbocycles. The van der Waals surface area contributed by atoms with E-state index in [9.17, 15) is 9.59 Å². The first-order chi connectivity index (χ1) is 9.30. The molecule has 0 saturated carbocycles. The Kier molecular flexibility index (Phi) is 2.80. The topological polar surface area (TPSA) is 68.3 Å². The van der Waals surface area contributed by atoms with Crippen molar-refractivity contribution in [3.05, 3.63) is 23.5 Å². The number of aromatic nitrogens is 1. The van der Waals surface area contributed by atoms with Crippen LogP contribution in [0.5, 0.6) is 0 Å². The molecule has 20 heavy (non-hydrogen) atoms. The molecule has 0 spiro atoms. The van der Waals surface area contributed by atoms with Crippen LogP contribution in [0.25, 0.3) is 0 Å². The van der Waals surface area contributed by atoms with Gasteiger partial charge in [-0.3, -0.25) is 14.5 Å². The van der Waals surface area contributed by atoms with E-state index < -0.39 is 6.04 Å². The van der Waals surface area contributed by atoms with Gasteiger partial charge in [0.2, 0.25) is 5.91 Å². The SMILES string of the molecule is CN1C(=O)CC(n2ccc3c2CC(C)(C)CC3N)C1=O. The molecule has 108 valence electrons. The molecule has 1 saturated heterocycles. The maximum absolute atomic E-state index is 12.2. The Balaban J connectivity index is 2.02. The van der Waals surface area contributed by atoms with Gasteiger partial charge in [-0.15, -0.1) is 0 Å². The van der Waals surface area contributed by atoms with E-state index in [0.29, 0.717) is 0 Å². The van der Waals surface area contributed by atoms with Crippen molar-refractivity contribution in [1.29, 1.82) is 0 Å². The molecule has 2 amide bonds. The van der Waals surface area contributed by atoms with Gasteiger partial charge in [-0.05, 0) is 29.9 Å². The van der Waals surface area contributed by atoms with Gasteiger partial charge in [0, 0.05) is 25.0 Å². The summed E-state index contributed by atoms with van der Waals surface area (Å²) < 4.78 is 1.97. The van der Waals surface area contributed by atoms with Crippen LogP contribution in [-0.2, 0) is 16.0 Å². The van der Waals surface area contributed by atoms with Gasteiger partial charge in [0.25, 0.3) is 5.91 Å². The van der Waals surface area contributed by atoms with E-state index in [1.165, 1.54) is 4.90 Å². The number of rotatable bonds is 1. The van der Waals surface area contributed by atoms with Crippen molar-refractivity contribution >= 4 is 11.8 Å². The summed E-state index contributed by atoms with van der Waals surface area (Å²) in [7, 11) is 1.55. The summed E-state index contributed by atoms with van der Waals surface area (Å²) in [4.78, 5) is 25.1. The van der Waals surface area contributed by atoms with Gasteiger partial charge in [-0.1, -0.05) is 13.8 Å². The maximum Gasteiger partial charge on any atom is 0.252 e. The van der Waals surface area contributed by atoms with Crippen molar-refractivity contribution in [1.82, 2.24) is 9.47 Å². The number of nitrogens with two attached hydrogens (primary N) is 1. The summed E-state index contributed by atoms with van der Waals surface area (Å²) in [6, 6.07) is 1.63. The first-order valence-electron chi connectivity index (χ1n) is 7.06. The van der Waals surface area contributed by atoms with Crippen molar-refractivity contribution in [2.75, 3.05) is 7.05 Å². The lowest BCUT2D eigenvalue weighted by Gasteiger charge is -2.35. The van der Waals surface area contributed by atoms with Crippen LogP contribution in [0, 0.1) is 5.41 Å². The van der Waals surface area contributed by atoms with E-state index in [2.05, 4.69) is 13.8 Å². The zero-order valence-corrected chi connectivity index (χ0v) is 12.2. The van der Waals surface area contributed by atoms with E-state index >= 15 is 0 Å². The fraction of sp³-hybridized carbons (Fsp3) is 0.600. The largest absolute Gasteiger partial charge is 0.338 e. The highest BCUT2D eigenvalue weighted by atomic mass is 16.2. The lowest BCUT2D eigenvalue weighted by Crippen LogP contribution is -2.32. The van der Waals surface area contributed by atoms with Crippen LogP contribution < -0.4 is 5.73 Å². The zero-order valence-electron chi connectivity index (χ0n) is 12.2. The average Bonchev–Trinajstić information content (AvgIpc) is 2.85. The molecule has 1 aliphatic heterocycles. The molecular formula is C15H21N3O2. The van der Waals surface area contributed by atoms with Crippen LogP contribution in [0.1, 0.15) is 50.0 Å². The summed E-state index contributed by atoms with van der Waals surface area (Å²) >= 11 is 0. The smallest absolute Gasteiger partial charge is 0.252 e. The van der Waals surface area contributed by atoms with Crippen LogP contribution in [0.4, 0.5) is 0 Å². The second-order valence-corrected chi connectivity index (χ2v) is 6.79. The third kappa shape index (κ3) is 1.88. The lowest BCUT2D eigenvalue weighted by atomic mass is 9.74. The van der Waals surface area contributed by atoms with Crippen molar-refractivity contribution < 1.29 is 9.59 Å². The van der Waals surface area contributed by atoms with Gasteiger partial charge in [-0.25, -0.2) is 0 Å². The predicted octanol–water partition coefficient (Wildman–Crippen LogP) is 1.39. The first kappa shape index (κ1) is 13.4. The Morgan fingerprint density at radius 3 is 2.65 bits per heavy atom. The van der Waals surface area contributed by atoms with Gasteiger partial charge < -0.3 is 10.3 Å². The van der Waals surface area contributed by atoms with Crippen molar-refractivity contribution in [2.24, 2.45) is 11.1 Å². The van der Waals surface area contributed by atoms with Gasteiger partial charge in [0.05, 0.1) is 6.42 Å². The van der Waals surface area contributed by atoms with Gasteiger partial charge in [0.15, 0.2) is 0 Å². The summed E-state index contributed by atoms with van der Waals surface area (Å²) in [5.41, 5.74) is 8.62. The molecule has 0 radical (unpaired) electrons. The molecular weight excluding hydrogens is 254 g/mol. The summed E-state index contributed by atoms with van der Waals surface area (Å²) in [5, 5.41) is 0. The highest BCUT2D eigenvalue weighted by Gasteiger charge is 2.40. The molecule has 2 aliphatic rings. The second-order valence-electron chi connectivity index (χ2n) is 6.79. The van der Waals surface area contributed by atoms with Crippen molar-refractivity contribution in [3.8, 4) is 0 Å². The fourth-order valence-corrected chi connectivity index (χ4v) is 3.50. The summed E-state index contributed by atoms with van der Waals surface area (Å²) in [6.07, 6.45) is 4.01. The molecule has 1 aromatic heterocycles. The van der Waals surface area contributed by atoms with E-state index in [1.807, 2.05) is 16.8 Å². The number of hydrogen-bond donors (Lipinski definition) is 1. The summed E-state index contributed by atoms with van der Waals surface area (Å²) in [5.74, 6) is -0.229. The minimum absolute atomic E-state index is 0.0138.